The normalized spacial score (nSPS) is 15.0. The predicted molar refractivity (Wildman–Crippen MR) is 279 cm³/mol. The van der Waals surface area contributed by atoms with Crippen molar-refractivity contribution in [1.82, 2.24) is 0 Å². The molecule has 70 heavy (non-hydrogen) atoms. The van der Waals surface area contributed by atoms with Gasteiger partial charge in [-0.25, -0.2) is 0 Å². The summed E-state index contributed by atoms with van der Waals surface area (Å²) < 4.78 is 35.2. The van der Waals surface area contributed by atoms with Crippen LogP contribution in [-0.2, 0) is 33.2 Å². The molecule has 0 spiro atoms. The van der Waals surface area contributed by atoms with Crippen molar-refractivity contribution in [3.63, 3.8) is 0 Å². The fraction of sp³-hybridized carbons (Fsp3) is 0.769. The first-order chi connectivity index (χ1) is 33.3. The van der Waals surface area contributed by atoms with E-state index in [1.54, 1.807) is 44.2 Å². The Hall–Kier alpha value is -2.28. The summed E-state index contributed by atoms with van der Waals surface area (Å²) in [5.41, 5.74) is -0.0387. The largest absolute Gasteiger partial charge is 0.396 e. The third kappa shape index (κ3) is 55.0. The van der Waals surface area contributed by atoms with Crippen molar-refractivity contribution in [2.75, 3.05) is 99.1 Å². The molecule has 0 saturated heterocycles. The highest BCUT2D eigenvalue weighted by atomic mass is 16.5. The lowest BCUT2D eigenvalue weighted by atomic mass is 9.84. The summed E-state index contributed by atoms with van der Waals surface area (Å²) in [7, 11) is 0. The average molecular weight is 1020 g/mol. The lowest BCUT2D eigenvalue weighted by molar-refractivity contribution is -0.120. The van der Waals surface area contributed by atoms with Gasteiger partial charge in [0.1, 0.15) is 36.6 Å². The van der Waals surface area contributed by atoms with Gasteiger partial charge in [-0.1, -0.05) is 84.9 Å². The van der Waals surface area contributed by atoms with E-state index >= 15 is 0 Å². The van der Waals surface area contributed by atoms with Crippen LogP contribution in [0.1, 0.15) is 93.4 Å². The highest BCUT2D eigenvalue weighted by Crippen LogP contribution is 2.25. The molecule has 0 aromatic carbocycles. The molecule has 18 heteroatoms. The van der Waals surface area contributed by atoms with Crippen molar-refractivity contribution in [2.45, 2.75) is 154 Å². The minimum atomic E-state index is -1.41. The monoisotopic (exact) mass is 1020 g/mol. The van der Waals surface area contributed by atoms with E-state index in [1.165, 1.54) is 6.08 Å². The van der Waals surface area contributed by atoms with Crippen LogP contribution < -0.4 is 0 Å². The zero-order valence-corrected chi connectivity index (χ0v) is 44.3. The van der Waals surface area contributed by atoms with E-state index in [-0.39, 0.29) is 57.8 Å². The average Bonchev–Trinajstić information content (AvgIpc) is 3.37. The van der Waals surface area contributed by atoms with E-state index in [0.717, 1.165) is 32.3 Å². The molecule has 10 unspecified atom stereocenters. The Balaban J connectivity index is -0.000000178. The van der Waals surface area contributed by atoms with Crippen molar-refractivity contribution >= 4 is 0 Å². The third-order valence-electron chi connectivity index (χ3n) is 9.53. The Morgan fingerprint density at radius 1 is 0.371 bits per heavy atom. The van der Waals surface area contributed by atoms with Crippen LogP contribution in [-0.4, -0.2) is 216 Å². The summed E-state index contributed by atoms with van der Waals surface area (Å²) in [4.78, 5) is 0. The molecule has 0 rings (SSSR count). The number of aliphatic hydroxyl groups excluding tert-OH is 11. The third-order valence-corrected chi connectivity index (χ3v) is 9.53. The Labute approximate surface area is 423 Å². The van der Waals surface area contributed by atoms with Gasteiger partial charge in [-0.05, 0) is 44.9 Å². The topological polar surface area (TPSA) is 287 Å². The van der Waals surface area contributed by atoms with Crippen molar-refractivity contribution in [3.8, 4) is 0 Å². The SMILES string of the molecule is C=CCOCC(CC)(CC)CO.C=CCOCC(O)C(O)C(O)C(O)CC.C=CCOCC(O)C(O)C(O)CC.C=CCOCC(O)CC.C=CCOCC(O)COCC(O)CC.C=CCOCCC. The molecule has 10 atom stereocenters. The maximum atomic E-state index is 9.42. The van der Waals surface area contributed by atoms with Crippen molar-refractivity contribution in [1.29, 1.82) is 0 Å². The van der Waals surface area contributed by atoms with Gasteiger partial charge in [-0.15, -0.1) is 39.5 Å². The van der Waals surface area contributed by atoms with Crippen LogP contribution in [0.25, 0.3) is 0 Å². The van der Waals surface area contributed by atoms with Crippen LogP contribution in [0.4, 0.5) is 0 Å². The standard InChI is InChI=1S/C10H20O5.C10H20O4.C10H20O2.C9H18O4.C7H14O2.C6H12O/c1-3-5-15-6-8(12)10(14)9(13)7(11)4-2;1-3-5-13-7-10(12)8-14-6-9(11)4-2;1-4-7-12-9-10(5-2,6-3)8-11;1-3-5-13-6-8(11)9(12)7(10)4-2;1-3-5-9-6-7(8)4-2;1-3-5-7-6-4-2/h3,7-14H,1,4-6H2,2H3;3,9-12H,1,4-8H2,2H3;4,11H,1,5-9H2,2-3H3;3,7-12H,1,4-6H2,2H3;3,7-8H,1,4-6H2,2H3;3H,1,4-6H2,2H3. The van der Waals surface area contributed by atoms with Crippen LogP contribution in [0.15, 0.2) is 75.9 Å². The highest BCUT2D eigenvalue weighted by molar-refractivity contribution is 4.81. The molecule has 0 saturated carbocycles. The van der Waals surface area contributed by atoms with Crippen molar-refractivity contribution in [2.24, 2.45) is 5.41 Å². The maximum Gasteiger partial charge on any atom is 0.110 e. The van der Waals surface area contributed by atoms with Gasteiger partial charge in [0.25, 0.3) is 0 Å². The van der Waals surface area contributed by atoms with Crippen LogP contribution in [0.3, 0.4) is 0 Å². The molecular weight excluding hydrogens is 913 g/mol. The van der Waals surface area contributed by atoms with Gasteiger partial charge in [0, 0.05) is 12.0 Å². The fourth-order valence-electron chi connectivity index (χ4n) is 4.53. The number of rotatable bonds is 40. The second-order valence-electron chi connectivity index (χ2n) is 15.7. The summed E-state index contributed by atoms with van der Waals surface area (Å²) in [6.45, 7) is 39.8. The van der Waals surface area contributed by atoms with E-state index in [2.05, 4.69) is 60.2 Å². The fourth-order valence-corrected chi connectivity index (χ4v) is 4.53. The summed E-state index contributed by atoms with van der Waals surface area (Å²) in [5, 5.41) is 102. The van der Waals surface area contributed by atoms with Gasteiger partial charge in [0.05, 0.1) is 117 Å². The highest BCUT2D eigenvalue weighted by Gasteiger charge is 2.29. The van der Waals surface area contributed by atoms with Gasteiger partial charge in [0.15, 0.2) is 0 Å². The van der Waals surface area contributed by atoms with Gasteiger partial charge in [-0.3, -0.25) is 0 Å². The summed E-state index contributed by atoms with van der Waals surface area (Å²) in [6, 6.07) is 0. The number of hydrogen-bond acceptors (Lipinski definition) is 18. The zero-order valence-electron chi connectivity index (χ0n) is 44.3. The summed E-state index contributed by atoms with van der Waals surface area (Å²) in [6.07, 6.45) is 5.41. The molecular formula is C52H104O18. The molecule has 0 radical (unpaired) electrons. The Kier molecular flexibility index (Phi) is 69.0. The Bertz CT molecular complexity index is 1090. The van der Waals surface area contributed by atoms with Gasteiger partial charge in [-0.2, -0.15) is 0 Å². The number of ether oxygens (including phenoxy) is 7. The van der Waals surface area contributed by atoms with E-state index in [0.29, 0.717) is 65.5 Å². The lowest BCUT2D eigenvalue weighted by Crippen LogP contribution is -2.45. The molecule has 0 bridgehead atoms. The van der Waals surface area contributed by atoms with Crippen molar-refractivity contribution in [3.05, 3.63) is 75.9 Å². The maximum absolute atomic E-state index is 9.42. The van der Waals surface area contributed by atoms with Crippen molar-refractivity contribution < 1.29 is 89.3 Å². The van der Waals surface area contributed by atoms with Gasteiger partial charge >= 0.3 is 0 Å². The molecule has 0 aromatic heterocycles. The van der Waals surface area contributed by atoms with Crippen LogP contribution in [0, 0.1) is 5.41 Å². The first-order valence-corrected chi connectivity index (χ1v) is 24.5. The molecule has 0 amide bonds. The molecule has 0 fully saturated rings. The molecule has 0 heterocycles. The van der Waals surface area contributed by atoms with Crippen LogP contribution in [0.2, 0.25) is 0 Å². The lowest BCUT2D eigenvalue weighted by Gasteiger charge is -2.28. The van der Waals surface area contributed by atoms with Crippen LogP contribution in [0.5, 0.6) is 0 Å². The Morgan fingerprint density at radius 3 is 1.04 bits per heavy atom. The van der Waals surface area contributed by atoms with E-state index < -0.39 is 54.9 Å². The first kappa shape index (κ1) is 79.1. The van der Waals surface area contributed by atoms with Gasteiger partial charge < -0.3 is 89.3 Å². The molecule has 11 N–H and O–H groups in total. The van der Waals surface area contributed by atoms with E-state index in [1.807, 2.05) is 13.8 Å². The van der Waals surface area contributed by atoms with E-state index in [4.69, 9.17) is 48.5 Å². The molecule has 18 nitrogen and oxygen atoms in total. The summed E-state index contributed by atoms with van der Waals surface area (Å²) >= 11 is 0. The molecule has 0 aromatic rings. The second-order valence-corrected chi connectivity index (χ2v) is 15.7. The van der Waals surface area contributed by atoms with E-state index in [9.17, 15) is 40.9 Å². The minimum Gasteiger partial charge on any atom is -0.396 e. The smallest absolute Gasteiger partial charge is 0.110 e. The Morgan fingerprint density at radius 2 is 0.686 bits per heavy atom. The number of aliphatic hydroxyl groups is 11. The van der Waals surface area contributed by atoms with Gasteiger partial charge in [0.2, 0.25) is 0 Å². The zero-order chi connectivity index (χ0) is 55.0. The summed E-state index contributed by atoms with van der Waals surface area (Å²) in [5.74, 6) is 0. The number of hydrogen-bond donors (Lipinski definition) is 11. The predicted octanol–water partition coefficient (Wildman–Crippen LogP) is 3.61. The quantitative estimate of drug-likeness (QED) is 0.0309. The molecule has 420 valence electrons. The molecule has 0 aliphatic heterocycles. The second kappa shape index (κ2) is 61.0. The molecule has 0 aliphatic rings. The van der Waals surface area contributed by atoms with Crippen LogP contribution >= 0.6 is 0 Å². The molecule has 0 aliphatic carbocycles. The minimum absolute atomic E-state index is 0.00421. The first-order valence-electron chi connectivity index (χ1n) is 24.5.